The Balaban J connectivity index is 2.78. The van der Waals surface area contributed by atoms with E-state index in [9.17, 15) is 0 Å². The highest BCUT2D eigenvalue weighted by Gasteiger charge is 2.09. The van der Waals surface area contributed by atoms with Crippen LogP contribution >= 0.6 is 23.2 Å². The molecule has 1 aromatic heterocycles. The number of pyridine rings is 1. The van der Waals surface area contributed by atoms with E-state index >= 15 is 0 Å². The highest BCUT2D eigenvalue weighted by atomic mass is 35.5. The minimum atomic E-state index is 0.515. The van der Waals surface area contributed by atoms with E-state index in [0.29, 0.717) is 16.6 Å². The Morgan fingerprint density at radius 1 is 1.31 bits per heavy atom. The first kappa shape index (κ1) is 11.6. The molecule has 0 amide bonds. The van der Waals surface area contributed by atoms with Crippen molar-refractivity contribution in [3.05, 3.63) is 39.5 Å². The largest absolute Gasteiger partial charge is 0.330 e. The molecule has 0 fully saturated rings. The number of aromatic nitrogens is 1. The zero-order valence-corrected chi connectivity index (χ0v) is 10.4. The van der Waals surface area contributed by atoms with Gasteiger partial charge >= 0.3 is 0 Å². The number of halogens is 2. The first-order valence-electron chi connectivity index (χ1n) is 5.08. The van der Waals surface area contributed by atoms with Crippen molar-refractivity contribution in [2.24, 2.45) is 5.73 Å². The van der Waals surface area contributed by atoms with Gasteiger partial charge in [-0.3, -0.25) is 4.98 Å². The lowest BCUT2D eigenvalue weighted by Gasteiger charge is -2.08. The summed E-state index contributed by atoms with van der Waals surface area (Å²) in [6.45, 7) is 2.55. The van der Waals surface area contributed by atoms with E-state index in [4.69, 9.17) is 28.9 Å². The van der Waals surface area contributed by atoms with Gasteiger partial charge in [0.25, 0.3) is 0 Å². The van der Waals surface area contributed by atoms with Crippen molar-refractivity contribution < 1.29 is 0 Å². The molecule has 2 N–H and O–H groups in total. The Morgan fingerprint density at radius 3 is 2.75 bits per heavy atom. The topological polar surface area (TPSA) is 38.9 Å². The zero-order valence-electron chi connectivity index (χ0n) is 8.93. The monoisotopic (exact) mass is 254 g/mol. The summed E-state index contributed by atoms with van der Waals surface area (Å²) in [6.07, 6.45) is 0.817. The Hall–Kier alpha value is -0.830. The van der Waals surface area contributed by atoms with E-state index < -0.39 is 0 Å². The van der Waals surface area contributed by atoms with Gasteiger partial charge in [0.05, 0.1) is 15.6 Å². The molecule has 0 saturated heterocycles. The van der Waals surface area contributed by atoms with Gasteiger partial charge in [-0.2, -0.15) is 0 Å². The second kappa shape index (κ2) is 4.58. The lowest BCUT2D eigenvalue weighted by atomic mass is 10.1. The molecule has 0 aliphatic heterocycles. The van der Waals surface area contributed by atoms with Gasteiger partial charge < -0.3 is 5.73 Å². The van der Waals surface area contributed by atoms with Gasteiger partial charge in [-0.05, 0) is 37.6 Å². The van der Waals surface area contributed by atoms with Crippen molar-refractivity contribution >= 4 is 34.1 Å². The molecular weight excluding hydrogens is 243 g/mol. The maximum atomic E-state index is 6.14. The van der Waals surface area contributed by atoms with Crippen molar-refractivity contribution in [2.75, 3.05) is 6.54 Å². The van der Waals surface area contributed by atoms with Gasteiger partial charge in [-0.15, -0.1) is 0 Å². The average molecular weight is 255 g/mol. The smallest absolute Gasteiger partial charge is 0.0909 e. The van der Waals surface area contributed by atoms with Crippen LogP contribution in [0.3, 0.4) is 0 Å². The van der Waals surface area contributed by atoms with E-state index in [1.807, 2.05) is 19.1 Å². The number of hydrogen-bond acceptors (Lipinski definition) is 2. The normalized spacial score (nSPS) is 11.0. The third-order valence-corrected chi connectivity index (χ3v) is 3.29. The third kappa shape index (κ3) is 2.01. The molecular formula is C12H12Cl2N2. The van der Waals surface area contributed by atoms with Crippen molar-refractivity contribution in [1.82, 2.24) is 4.98 Å². The highest BCUT2D eigenvalue weighted by Crippen LogP contribution is 2.31. The SMILES string of the molecule is Cc1cc(CCN)c2ccc(Cl)c(Cl)c2n1. The quantitative estimate of drug-likeness (QED) is 0.893. The molecule has 0 spiro atoms. The standard InChI is InChI=1S/C12H12Cl2N2/c1-7-6-8(4-5-15)9-2-3-10(13)11(14)12(9)16-7/h2-3,6H,4-5,15H2,1H3. The van der Waals surface area contributed by atoms with Crippen LogP contribution in [-0.2, 0) is 6.42 Å². The zero-order chi connectivity index (χ0) is 11.7. The molecule has 1 aromatic carbocycles. The fourth-order valence-corrected chi connectivity index (χ4v) is 2.17. The van der Waals surface area contributed by atoms with Crippen LogP contribution in [0.25, 0.3) is 10.9 Å². The summed E-state index contributed by atoms with van der Waals surface area (Å²) in [5.74, 6) is 0. The molecule has 1 heterocycles. The number of nitrogens with zero attached hydrogens (tertiary/aromatic N) is 1. The Bertz CT molecular complexity index is 538. The van der Waals surface area contributed by atoms with Crippen LogP contribution in [0.2, 0.25) is 10.0 Å². The molecule has 0 aliphatic rings. The maximum absolute atomic E-state index is 6.14. The lowest BCUT2D eigenvalue weighted by Crippen LogP contribution is -2.04. The molecule has 0 aliphatic carbocycles. The Kier molecular flexibility index (Phi) is 3.33. The molecule has 2 nitrogen and oxygen atoms in total. The summed E-state index contributed by atoms with van der Waals surface area (Å²) in [5.41, 5.74) is 8.45. The average Bonchev–Trinajstić information content (AvgIpc) is 2.24. The van der Waals surface area contributed by atoms with E-state index in [-0.39, 0.29) is 0 Å². The van der Waals surface area contributed by atoms with Crippen LogP contribution in [0.1, 0.15) is 11.3 Å². The number of nitrogens with two attached hydrogens (primary N) is 1. The van der Waals surface area contributed by atoms with Crippen molar-refractivity contribution in [3.63, 3.8) is 0 Å². The fourth-order valence-electron chi connectivity index (χ4n) is 1.81. The molecule has 84 valence electrons. The number of fused-ring (bicyclic) bond motifs is 1. The van der Waals surface area contributed by atoms with Gasteiger partial charge in [-0.1, -0.05) is 29.3 Å². The van der Waals surface area contributed by atoms with E-state index in [2.05, 4.69) is 4.98 Å². The summed E-state index contributed by atoms with van der Waals surface area (Å²) >= 11 is 12.1. The summed E-state index contributed by atoms with van der Waals surface area (Å²) in [7, 11) is 0. The van der Waals surface area contributed by atoms with E-state index in [1.165, 1.54) is 5.56 Å². The predicted octanol–water partition coefficient (Wildman–Crippen LogP) is 3.35. The summed E-state index contributed by atoms with van der Waals surface area (Å²) < 4.78 is 0. The molecule has 2 rings (SSSR count). The van der Waals surface area contributed by atoms with Crippen LogP contribution in [-0.4, -0.2) is 11.5 Å². The van der Waals surface area contributed by atoms with Gasteiger partial charge in [0.15, 0.2) is 0 Å². The van der Waals surface area contributed by atoms with Crippen LogP contribution in [0, 0.1) is 6.92 Å². The van der Waals surface area contributed by atoms with E-state index in [1.54, 1.807) is 6.07 Å². The molecule has 4 heteroatoms. The first-order chi connectivity index (χ1) is 7.63. The third-order valence-electron chi connectivity index (χ3n) is 2.50. The number of rotatable bonds is 2. The van der Waals surface area contributed by atoms with Crippen LogP contribution in [0.5, 0.6) is 0 Å². The predicted molar refractivity (Wildman–Crippen MR) is 69.3 cm³/mol. The van der Waals surface area contributed by atoms with Crippen molar-refractivity contribution in [1.29, 1.82) is 0 Å². The summed E-state index contributed by atoms with van der Waals surface area (Å²) in [4.78, 5) is 4.42. The molecule has 2 aromatic rings. The molecule has 0 radical (unpaired) electrons. The van der Waals surface area contributed by atoms with E-state index in [0.717, 1.165) is 23.0 Å². The molecule has 16 heavy (non-hydrogen) atoms. The second-order valence-electron chi connectivity index (χ2n) is 3.72. The molecule has 0 unspecified atom stereocenters. The molecule has 0 atom stereocenters. The van der Waals surface area contributed by atoms with Crippen molar-refractivity contribution in [2.45, 2.75) is 13.3 Å². The van der Waals surface area contributed by atoms with Gasteiger partial charge in [0.2, 0.25) is 0 Å². The van der Waals surface area contributed by atoms with Crippen molar-refractivity contribution in [3.8, 4) is 0 Å². The minimum Gasteiger partial charge on any atom is -0.330 e. The van der Waals surface area contributed by atoms with Crippen LogP contribution in [0.15, 0.2) is 18.2 Å². The minimum absolute atomic E-state index is 0.515. The van der Waals surface area contributed by atoms with Gasteiger partial charge in [0.1, 0.15) is 0 Å². The second-order valence-corrected chi connectivity index (χ2v) is 4.50. The Labute approximate surface area is 104 Å². The number of hydrogen-bond donors (Lipinski definition) is 1. The highest BCUT2D eigenvalue weighted by molar-refractivity contribution is 6.45. The summed E-state index contributed by atoms with van der Waals surface area (Å²) in [6, 6.07) is 5.78. The molecule has 0 saturated carbocycles. The first-order valence-corrected chi connectivity index (χ1v) is 5.83. The maximum Gasteiger partial charge on any atom is 0.0909 e. The summed E-state index contributed by atoms with van der Waals surface area (Å²) in [5, 5.41) is 2.08. The Morgan fingerprint density at radius 2 is 2.06 bits per heavy atom. The number of aryl methyl sites for hydroxylation is 1. The van der Waals surface area contributed by atoms with Gasteiger partial charge in [-0.25, -0.2) is 0 Å². The van der Waals surface area contributed by atoms with Gasteiger partial charge in [0, 0.05) is 11.1 Å². The fraction of sp³-hybridized carbons (Fsp3) is 0.250. The molecule has 0 bridgehead atoms. The van der Waals surface area contributed by atoms with Crippen LogP contribution < -0.4 is 5.73 Å². The van der Waals surface area contributed by atoms with Crippen LogP contribution in [0.4, 0.5) is 0 Å². The lowest BCUT2D eigenvalue weighted by molar-refractivity contribution is 0.971. The number of benzene rings is 1.